The van der Waals surface area contributed by atoms with Crippen molar-refractivity contribution in [3.63, 3.8) is 0 Å². The molecule has 3 N–H and O–H groups in total. The van der Waals surface area contributed by atoms with Crippen LogP contribution in [0.2, 0.25) is 0 Å². The van der Waals surface area contributed by atoms with Crippen molar-refractivity contribution in [3.8, 4) is 17.2 Å². The number of hydrazine groups is 1. The van der Waals surface area contributed by atoms with Crippen LogP contribution in [0.15, 0.2) is 30.3 Å². The van der Waals surface area contributed by atoms with Gasteiger partial charge in [-0.15, -0.1) is 0 Å². The molecule has 0 unspecified atom stereocenters. The summed E-state index contributed by atoms with van der Waals surface area (Å²) in [5.74, 6) is -0.536. The highest BCUT2D eigenvalue weighted by molar-refractivity contribution is 5.97. The van der Waals surface area contributed by atoms with Crippen molar-refractivity contribution in [2.75, 3.05) is 33.2 Å². The zero-order valence-corrected chi connectivity index (χ0v) is 16.0. The number of anilines is 1. The van der Waals surface area contributed by atoms with Crippen LogP contribution < -0.4 is 30.4 Å². The van der Waals surface area contributed by atoms with E-state index in [2.05, 4.69) is 16.2 Å². The van der Waals surface area contributed by atoms with E-state index >= 15 is 0 Å². The molecule has 0 aliphatic heterocycles. The fraction of sp³-hybridized carbons (Fsp3) is 0.263. The first kappa shape index (κ1) is 20.8. The van der Waals surface area contributed by atoms with Gasteiger partial charge >= 0.3 is 0 Å². The summed E-state index contributed by atoms with van der Waals surface area (Å²) in [5, 5.41) is 2.81. The molecule has 2 aromatic rings. The number of rotatable bonds is 7. The first-order valence-corrected chi connectivity index (χ1v) is 8.28. The fourth-order valence-electron chi connectivity index (χ4n) is 2.42. The second-order valence-electron chi connectivity index (χ2n) is 5.73. The lowest BCUT2D eigenvalue weighted by atomic mass is 10.1. The minimum atomic E-state index is -0.575. The lowest BCUT2D eigenvalue weighted by molar-refractivity contribution is -0.120. The van der Waals surface area contributed by atoms with E-state index in [1.807, 2.05) is 0 Å². The predicted octanol–water partition coefficient (Wildman–Crippen LogP) is 2.03. The Labute approximate surface area is 161 Å². The average molecular weight is 391 g/mol. The van der Waals surface area contributed by atoms with Crippen LogP contribution >= 0.6 is 0 Å². The van der Waals surface area contributed by atoms with E-state index in [0.29, 0.717) is 22.9 Å². The van der Waals surface area contributed by atoms with E-state index in [1.165, 1.54) is 45.6 Å². The summed E-state index contributed by atoms with van der Waals surface area (Å²) in [5.41, 5.74) is 6.06. The first-order valence-electron chi connectivity index (χ1n) is 8.28. The van der Waals surface area contributed by atoms with Gasteiger partial charge in [0.2, 0.25) is 5.75 Å². The zero-order chi connectivity index (χ0) is 20.7. The van der Waals surface area contributed by atoms with Gasteiger partial charge in [-0.3, -0.25) is 20.4 Å². The second-order valence-corrected chi connectivity index (χ2v) is 5.73. The largest absolute Gasteiger partial charge is 0.493 e. The monoisotopic (exact) mass is 391 g/mol. The van der Waals surface area contributed by atoms with Gasteiger partial charge in [0.15, 0.2) is 11.5 Å². The molecule has 2 aromatic carbocycles. The summed E-state index contributed by atoms with van der Waals surface area (Å²) in [7, 11) is 4.31. The molecule has 0 aliphatic carbocycles. The van der Waals surface area contributed by atoms with Gasteiger partial charge in [-0.1, -0.05) is 6.07 Å². The Kier molecular flexibility index (Phi) is 7.02. The van der Waals surface area contributed by atoms with Gasteiger partial charge in [0.1, 0.15) is 5.82 Å². The normalized spacial score (nSPS) is 10.0. The maximum atomic E-state index is 13.3. The van der Waals surface area contributed by atoms with Crippen molar-refractivity contribution >= 4 is 17.5 Å². The Morgan fingerprint density at radius 1 is 0.964 bits per heavy atom. The third-order valence-electron chi connectivity index (χ3n) is 3.88. The molecule has 2 amide bonds. The van der Waals surface area contributed by atoms with Gasteiger partial charge in [-0.2, -0.15) is 0 Å². The minimum Gasteiger partial charge on any atom is -0.493 e. The van der Waals surface area contributed by atoms with E-state index in [0.717, 1.165) is 5.56 Å². The third kappa shape index (κ3) is 5.03. The lowest BCUT2D eigenvalue weighted by Crippen LogP contribution is -2.44. The van der Waals surface area contributed by atoms with Crippen molar-refractivity contribution in [1.29, 1.82) is 0 Å². The Morgan fingerprint density at radius 3 is 2.18 bits per heavy atom. The molecule has 150 valence electrons. The van der Waals surface area contributed by atoms with Crippen LogP contribution in [0, 0.1) is 12.7 Å². The van der Waals surface area contributed by atoms with Crippen molar-refractivity contribution < 1.29 is 28.2 Å². The number of hydrogen-bond acceptors (Lipinski definition) is 6. The molecule has 8 nitrogen and oxygen atoms in total. The van der Waals surface area contributed by atoms with Crippen LogP contribution in [0.5, 0.6) is 17.2 Å². The van der Waals surface area contributed by atoms with Gasteiger partial charge in [0.25, 0.3) is 11.8 Å². The maximum Gasteiger partial charge on any atom is 0.269 e. The van der Waals surface area contributed by atoms with Crippen LogP contribution in [-0.4, -0.2) is 39.7 Å². The van der Waals surface area contributed by atoms with E-state index in [9.17, 15) is 14.0 Å². The molecule has 9 heteroatoms. The van der Waals surface area contributed by atoms with Crippen LogP contribution in [0.25, 0.3) is 0 Å². The number of amides is 2. The molecule has 0 bridgehead atoms. The molecule has 0 saturated heterocycles. The summed E-state index contributed by atoms with van der Waals surface area (Å²) in [6, 6.07) is 7.13. The van der Waals surface area contributed by atoms with Crippen LogP contribution in [0.3, 0.4) is 0 Å². The average Bonchev–Trinajstić information content (AvgIpc) is 2.71. The Balaban J connectivity index is 1.97. The quantitative estimate of drug-likeness (QED) is 0.625. The fourth-order valence-corrected chi connectivity index (χ4v) is 2.42. The molecule has 0 fully saturated rings. The number of ether oxygens (including phenoxy) is 3. The topological polar surface area (TPSA) is 97.9 Å². The Hall–Kier alpha value is -3.49. The molecule has 2 rings (SSSR count). The number of methoxy groups -OCH3 is 3. The van der Waals surface area contributed by atoms with E-state index in [-0.39, 0.29) is 12.1 Å². The van der Waals surface area contributed by atoms with Gasteiger partial charge < -0.3 is 19.5 Å². The molecule has 0 aromatic heterocycles. The predicted molar refractivity (Wildman–Crippen MR) is 101 cm³/mol. The van der Waals surface area contributed by atoms with Crippen molar-refractivity contribution in [1.82, 2.24) is 10.9 Å². The molecule has 0 heterocycles. The van der Waals surface area contributed by atoms with E-state index in [4.69, 9.17) is 14.2 Å². The molecule has 0 aliphatic rings. The lowest BCUT2D eigenvalue weighted by Gasteiger charge is -2.14. The smallest absolute Gasteiger partial charge is 0.269 e. The highest BCUT2D eigenvalue weighted by Gasteiger charge is 2.17. The standard InChI is InChI=1S/C19H22FN3O5/c1-11-5-6-13(20)9-14(11)21-10-17(24)22-23-19(25)12-7-15(26-2)18(28-4)16(8-12)27-3/h5-9,21H,10H2,1-4H3,(H,22,24)(H,23,25). The molecule has 0 spiro atoms. The molecular formula is C19H22FN3O5. The van der Waals surface area contributed by atoms with Crippen molar-refractivity contribution in [3.05, 3.63) is 47.3 Å². The van der Waals surface area contributed by atoms with Crippen molar-refractivity contribution in [2.45, 2.75) is 6.92 Å². The minimum absolute atomic E-state index is 0.153. The number of nitrogens with one attached hydrogen (secondary N) is 3. The maximum absolute atomic E-state index is 13.3. The van der Waals surface area contributed by atoms with Gasteiger partial charge in [0.05, 0.1) is 27.9 Å². The van der Waals surface area contributed by atoms with E-state index < -0.39 is 17.6 Å². The van der Waals surface area contributed by atoms with Crippen LogP contribution in [0.4, 0.5) is 10.1 Å². The summed E-state index contributed by atoms with van der Waals surface area (Å²) < 4.78 is 28.8. The number of hydrogen-bond donors (Lipinski definition) is 3. The molecule has 0 radical (unpaired) electrons. The van der Waals surface area contributed by atoms with Crippen LogP contribution in [0.1, 0.15) is 15.9 Å². The van der Waals surface area contributed by atoms with Gasteiger partial charge in [-0.25, -0.2) is 4.39 Å². The summed E-state index contributed by atoms with van der Waals surface area (Å²) >= 11 is 0. The number of benzene rings is 2. The molecular weight excluding hydrogens is 369 g/mol. The number of halogens is 1. The zero-order valence-electron chi connectivity index (χ0n) is 16.0. The Morgan fingerprint density at radius 2 is 1.61 bits per heavy atom. The van der Waals surface area contributed by atoms with Gasteiger partial charge in [0, 0.05) is 11.3 Å². The summed E-state index contributed by atoms with van der Waals surface area (Å²) in [6.45, 7) is 1.63. The highest BCUT2D eigenvalue weighted by Crippen LogP contribution is 2.38. The van der Waals surface area contributed by atoms with Crippen LogP contribution in [-0.2, 0) is 4.79 Å². The van der Waals surface area contributed by atoms with E-state index in [1.54, 1.807) is 13.0 Å². The molecule has 0 saturated carbocycles. The number of carbonyl (C=O) groups is 2. The molecule has 0 atom stereocenters. The first-order chi connectivity index (χ1) is 13.4. The number of carbonyl (C=O) groups excluding carboxylic acids is 2. The second kappa shape index (κ2) is 9.45. The molecule has 28 heavy (non-hydrogen) atoms. The van der Waals surface area contributed by atoms with Gasteiger partial charge in [-0.05, 0) is 36.8 Å². The third-order valence-corrected chi connectivity index (χ3v) is 3.88. The van der Waals surface area contributed by atoms with Crippen molar-refractivity contribution in [2.24, 2.45) is 0 Å². The number of aryl methyl sites for hydroxylation is 1. The Bertz CT molecular complexity index is 848. The highest BCUT2D eigenvalue weighted by atomic mass is 19.1. The summed E-state index contributed by atoms with van der Waals surface area (Å²) in [4.78, 5) is 24.3. The SMILES string of the molecule is COc1cc(C(=O)NNC(=O)CNc2cc(F)ccc2C)cc(OC)c1OC. The summed E-state index contributed by atoms with van der Waals surface area (Å²) in [6.07, 6.45) is 0.